The Morgan fingerprint density at radius 2 is 1.33 bits per heavy atom. The lowest BCUT2D eigenvalue weighted by Crippen LogP contribution is -2.17. The Morgan fingerprint density at radius 1 is 0.722 bits per heavy atom. The highest BCUT2D eigenvalue weighted by Gasteiger charge is 2.25. The fourth-order valence-corrected chi connectivity index (χ4v) is 4.40. The molecule has 0 nitrogen and oxygen atoms in total. The van der Waals surface area contributed by atoms with Crippen molar-refractivity contribution in [2.24, 2.45) is 11.8 Å². The van der Waals surface area contributed by atoms with Gasteiger partial charge < -0.3 is 0 Å². The van der Waals surface area contributed by atoms with Crippen molar-refractivity contribution < 1.29 is 0 Å². The summed E-state index contributed by atoms with van der Waals surface area (Å²) in [7, 11) is 0. The SMILES string of the molecule is C1=CC(C2CCCCC2)=C(C2CCCCC2)CC1. The van der Waals surface area contributed by atoms with Gasteiger partial charge in [-0.1, -0.05) is 56.3 Å². The summed E-state index contributed by atoms with van der Waals surface area (Å²) < 4.78 is 0. The summed E-state index contributed by atoms with van der Waals surface area (Å²) in [6.45, 7) is 0. The third-order valence-corrected chi connectivity index (χ3v) is 5.39. The van der Waals surface area contributed by atoms with Crippen molar-refractivity contribution in [3.8, 4) is 0 Å². The van der Waals surface area contributed by atoms with Crippen LogP contribution in [0.3, 0.4) is 0 Å². The second-order valence-corrected chi connectivity index (χ2v) is 6.59. The van der Waals surface area contributed by atoms with Gasteiger partial charge in [-0.2, -0.15) is 0 Å². The van der Waals surface area contributed by atoms with E-state index < -0.39 is 0 Å². The first-order chi connectivity index (χ1) is 8.95. The Labute approximate surface area is 113 Å². The van der Waals surface area contributed by atoms with E-state index >= 15 is 0 Å². The van der Waals surface area contributed by atoms with Gasteiger partial charge in [0.25, 0.3) is 0 Å². The van der Waals surface area contributed by atoms with Crippen molar-refractivity contribution >= 4 is 0 Å². The van der Waals surface area contributed by atoms with Crippen LogP contribution >= 0.6 is 0 Å². The summed E-state index contributed by atoms with van der Waals surface area (Å²) in [5.74, 6) is 1.88. The molecule has 0 unspecified atom stereocenters. The van der Waals surface area contributed by atoms with Crippen LogP contribution in [0.5, 0.6) is 0 Å². The molecule has 2 fully saturated rings. The van der Waals surface area contributed by atoms with Crippen LogP contribution in [0, 0.1) is 11.8 Å². The molecule has 0 amide bonds. The summed E-state index contributed by atoms with van der Waals surface area (Å²) in [5.41, 5.74) is 3.69. The summed E-state index contributed by atoms with van der Waals surface area (Å²) in [5, 5.41) is 0. The minimum absolute atomic E-state index is 0.923. The fraction of sp³-hybridized carbons (Fsp3) is 0.778. The normalized spacial score (nSPS) is 27.8. The highest BCUT2D eigenvalue weighted by Crippen LogP contribution is 2.41. The molecular formula is C18H28. The first kappa shape index (κ1) is 12.5. The number of hydrogen-bond donors (Lipinski definition) is 0. The smallest absolute Gasteiger partial charge is 0.0162 e. The predicted octanol–water partition coefficient (Wildman–Crippen LogP) is 5.79. The van der Waals surface area contributed by atoms with Crippen molar-refractivity contribution in [3.63, 3.8) is 0 Å². The molecule has 2 saturated carbocycles. The van der Waals surface area contributed by atoms with Crippen LogP contribution in [0.4, 0.5) is 0 Å². The van der Waals surface area contributed by atoms with Crippen LogP contribution in [0.1, 0.15) is 77.0 Å². The van der Waals surface area contributed by atoms with Crippen molar-refractivity contribution in [1.29, 1.82) is 0 Å². The summed E-state index contributed by atoms with van der Waals surface area (Å²) in [4.78, 5) is 0. The standard InChI is InChI=1S/C18H28/c1-3-9-15(10-4-1)17-13-7-8-14-18(17)16-11-5-2-6-12-16/h7,13,15-16H,1-6,8-12,14H2. The maximum absolute atomic E-state index is 2.52. The molecule has 0 bridgehead atoms. The third kappa shape index (κ3) is 2.73. The first-order valence-corrected chi connectivity index (χ1v) is 8.34. The quantitative estimate of drug-likeness (QED) is 0.576. The molecule has 100 valence electrons. The van der Waals surface area contributed by atoms with Gasteiger partial charge in [0.2, 0.25) is 0 Å². The van der Waals surface area contributed by atoms with Crippen LogP contribution in [0.25, 0.3) is 0 Å². The molecule has 0 heterocycles. The van der Waals surface area contributed by atoms with Crippen molar-refractivity contribution in [3.05, 3.63) is 23.3 Å². The molecule has 3 aliphatic carbocycles. The van der Waals surface area contributed by atoms with Crippen molar-refractivity contribution in [2.45, 2.75) is 77.0 Å². The van der Waals surface area contributed by atoms with E-state index in [1.165, 1.54) is 77.0 Å². The largest absolute Gasteiger partial charge is 0.0839 e. The van der Waals surface area contributed by atoms with Gasteiger partial charge in [0.15, 0.2) is 0 Å². The predicted molar refractivity (Wildman–Crippen MR) is 78.6 cm³/mol. The van der Waals surface area contributed by atoms with E-state index in [0.29, 0.717) is 0 Å². The topological polar surface area (TPSA) is 0 Å². The lowest BCUT2D eigenvalue weighted by molar-refractivity contribution is 0.370. The molecule has 0 aromatic rings. The molecule has 0 N–H and O–H groups in total. The number of allylic oxidation sites excluding steroid dienone is 4. The molecule has 0 aromatic heterocycles. The van der Waals surface area contributed by atoms with Gasteiger partial charge >= 0.3 is 0 Å². The fourth-order valence-electron chi connectivity index (χ4n) is 4.40. The average molecular weight is 244 g/mol. The van der Waals surface area contributed by atoms with Gasteiger partial charge in [0.1, 0.15) is 0 Å². The summed E-state index contributed by atoms with van der Waals surface area (Å²) in [6.07, 6.45) is 22.4. The minimum Gasteiger partial charge on any atom is -0.0839 e. The molecule has 0 radical (unpaired) electrons. The van der Waals surface area contributed by atoms with Gasteiger partial charge in [0.05, 0.1) is 0 Å². The second kappa shape index (κ2) is 6.08. The van der Waals surface area contributed by atoms with Crippen molar-refractivity contribution in [1.82, 2.24) is 0 Å². The molecule has 0 saturated heterocycles. The van der Waals surface area contributed by atoms with Crippen LogP contribution in [0.2, 0.25) is 0 Å². The summed E-state index contributed by atoms with van der Waals surface area (Å²) >= 11 is 0. The summed E-state index contributed by atoms with van der Waals surface area (Å²) in [6, 6.07) is 0. The highest BCUT2D eigenvalue weighted by atomic mass is 14.3. The number of hydrogen-bond acceptors (Lipinski definition) is 0. The zero-order valence-corrected chi connectivity index (χ0v) is 11.8. The van der Waals surface area contributed by atoms with E-state index in [0.717, 1.165) is 11.8 Å². The highest BCUT2D eigenvalue weighted by molar-refractivity contribution is 5.33. The average Bonchev–Trinajstić information content (AvgIpc) is 2.49. The Morgan fingerprint density at radius 3 is 2.00 bits per heavy atom. The van der Waals surface area contributed by atoms with Crippen LogP contribution < -0.4 is 0 Å². The molecule has 0 aliphatic heterocycles. The Kier molecular flexibility index (Phi) is 4.23. The van der Waals surface area contributed by atoms with E-state index in [1.54, 1.807) is 5.57 Å². The monoisotopic (exact) mass is 244 g/mol. The molecule has 0 heteroatoms. The molecule has 3 rings (SSSR count). The van der Waals surface area contributed by atoms with Gasteiger partial charge in [-0.25, -0.2) is 0 Å². The van der Waals surface area contributed by atoms with Gasteiger partial charge in [-0.15, -0.1) is 0 Å². The Hall–Kier alpha value is -0.520. The Balaban J connectivity index is 1.80. The van der Waals surface area contributed by atoms with Crippen molar-refractivity contribution in [2.75, 3.05) is 0 Å². The number of rotatable bonds is 2. The van der Waals surface area contributed by atoms with Crippen LogP contribution in [-0.2, 0) is 0 Å². The maximum atomic E-state index is 2.52. The second-order valence-electron chi connectivity index (χ2n) is 6.59. The van der Waals surface area contributed by atoms with E-state index in [-0.39, 0.29) is 0 Å². The molecule has 0 aromatic carbocycles. The van der Waals surface area contributed by atoms with E-state index in [4.69, 9.17) is 0 Å². The van der Waals surface area contributed by atoms with Gasteiger partial charge in [-0.05, 0) is 55.9 Å². The van der Waals surface area contributed by atoms with E-state index in [2.05, 4.69) is 12.2 Å². The molecule has 3 aliphatic rings. The third-order valence-electron chi connectivity index (χ3n) is 5.39. The first-order valence-electron chi connectivity index (χ1n) is 8.34. The van der Waals surface area contributed by atoms with Gasteiger partial charge in [-0.3, -0.25) is 0 Å². The lowest BCUT2D eigenvalue weighted by Gasteiger charge is -2.32. The van der Waals surface area contributed by atoms with E-state index in [1.807, 2.05) is 5.57 Å². The lowest BCUT2D eigenvalue weighted by atomic mass is 9.73. The molecule has 18 heavy (non-hydrogen) atoms. The van der Waals surface area contributed by atoms with E-state index in [9.17, 15) is 0 Å². The Bertz CT molecular complexity index is 322. The zero-order chi connectivity index (χ0) is 12.2. The zero-order valence-electron chi connectivity index (χ0n) is 11.8. The molecule has 0 spiro atoms. The van der Waals surface area contributed by atoms with Gasteiger partial charge in [0, 0.05) is 0 Å². The maximum Gasteiger partial charge on any atom is -0.0162 e. The molecular weight excluding hydrogens is 216 g/mol. The molecule has 0 atom stereocenters. The van der Waals surface area contributed by atoms with Crippen LogP contribution in [0.15, 0.2) is 23.3 Å². The minimum atomic E-state index is 0.923. The van der Waals surface area contributed by atoms with Crippen LogP contribution in [-0.4, -0.2) is 0 Å².